The highest BCUT2D eigenvalue weighted by molar-refractivity contribution is 5.95. The minimum absolute atomic E-state index is 0.0460. The Labute approximate surface area is 132 Å². The third-order valence-electron chi connectivity index (χ3n) is 3.85. The van der Waals surface area contributed by atoms with Crippen molar-refractivity contribution < 1.29 is 22.7 Å². The van der Waals surface area contributed by atoms with Gasteiger partial charge in [0, 0.05) is 25.3 Å². The van der Waals surface area contributed by atoms with E-state index in [2.05, 4.69) is 4.98 Å². The van der Waals surface area contributed by atoms with Gasteiger partial charge in [-0.1, -0.05) is 0 Å². The minimum Gasteiger partial charge on any atom is -0.482 e. The molecule has 0 saturated carbocycles. The Bertz CT molecular complexity index is 549. The van der Waals surface area contributed by atoms with Crippen LogP contribution in [0.2, 0.25) is 0 Å². The number of piperidine rings is 1. The maximum atomic E-state index is 12.6. The Morgan fingerprint density at radius 3 is 2.96 bits per heavy atom. The summed E-state index contributed by atoms with van der Waals surface area (Å²) in [6.45, 7) is 1.45. The number of likely N-dealkylation sites (tertiary alicyclic amines) is 1. The van der Waals surface area contributed by atoms with Crippen LogP contribution >= 0.6 is 0 Å². The summed E-state index contributed by atoms with van der Waals surface area (Å²) >= 11 is 0. The Kier molecular flexibility index (Phi) is 5.46. The maximum Gasteiger partial charge on any atom is 0.422 e. The molecule has 1 aliphatic rings. The van der Waals surface area contributed by atoms with Gasteiger partial charge in [-0.25, -0.2) is 4.98 Å². The van der Waals surface area contributed by atoms with Gasteiger partial charge in [0.2, 0.25) is 0 Å². The van der Waals surface area contributed by atoms with Crippen molar-refractivity contribution in [2.75, 3.05) is 19.7 Å². The van der Waals surface area contributed by atoms with Crippen molar-refractivity contribution in [2.24, 2.45) is 11.7 Å². The van der Waals surface area contributed by atoms with E-state index in [4.69, 9.17) is 10.5 Å². The molecule has 0 unspecified atom stereocenters. The topological polar surface area (TPSA) is 68.5 Å². The first-order chi connectivity index (χ1) is 10.8. The number of amides is 1. The largest absolute Gasteiger partial charge is 0.482 e. The van der Waals surface area contributed by atoms with E-state index in [1.54, 1.807) is 4.90 Å². The van der Waals surface area contributed by atoms with Gasteiger partial charge in [-0.15, -0.1) is 0 Å². The van der Waals surface area contributed by atoms with Crippen LogP contribution in [0.1, 0.15) is 30.3 Å². The summed E-state index contributed by atoms with van der Waals surface area (Å²) in [6, 6.07) is 2.71. The molecule has 0 radical (unpaired) electrons. The summed E-state index contributed by atoms with van der Waals surface area (Å²) < 4.78 is 41.7. The summed E-state index contributed by atoms with van der Waals surface area (Å²) in [6.07, 6.45) is -1.37. The molecule has 0 spiro atoms. The quantitative estimate of drug-likeness (QED) is 0.918. The van der Waals surface area contributed by atoms with Crippen LogP contribution in [0, 0.1) is 5.92 Å². The van der Waals surface area contributed by atoms with E-state index in [1.165, 1.54) is 18.3 Å². The van der Waals surface area contributed by atoms with Crippen LogP contribution in [0.4, 0.5) is 13.2 Å². The van der Waals surface area contributed by atoms with E-state index >= 15 is 0 Å². The minimum atomic E-state index is -4.47. The Hall–Kier alpha value is -1.83. The van der Waals surface area contributed by atoms with Crippen LogP contribution in [-0.4, -0.2) is 47.7 Å². The summed E-state index contributed by atoms with van der Waals surface area (Å²) in [4.78, 5) is 18.1. The lowest BCUT2D eigenvalue weighted by Crippen LogP contribution is -2.45. The number of ether oxygens (including phenoxy) is 1. The molecule has 2 heterocycles. The van der Waals surface area contributed by atoms with Crippen LogP contribution < -0.4 is 10.5 Å². The van der Waals surface area contributed by atoms with Gasteiger partial charge in [-0.3, -0.25) is 4.79 Å². The number of nitrogens with two attached hydrogens (primary N) is 1. The Morgan fingerprint density at radius 1 is 1.57 bits per heavy atom. The van der Waals surface area contributed by atoms with E-state index in [-0.39, 0.29) is 23.4 Å². The molecule has 2 atom stereocenters. The van der Waals surface area contributed by atoms with Crippen molar-refractivity contribution in [1.82, 2.24) is 9.88 Å². The van der Waals surface area contributed by atoms with E-state index in [0.29, 0.717) is 13.1 Å². The molecule has 0 aromatic carbocycles. The molecule has 0 bridgehead atoms. The van der Waals surface area contributed by atoms with Crippen LogP contribution in [0.15, 0.2) is 18.3 Å². The second-order valence-corrected chi connectivity index (χ2v) is 5.77. The monoisotopic (exact) mass is 331 g/mol. The third kappa shape index (κ3) is 4.82. The normalized spacial score (nSPS) is 20.2. The average molecular weight is 331 g/mol. The number of carbonyl (C=O) groups is 1. The molecule has 5 nitrogen and oxygen atoms in total. The van der Waals surface area contributed by atoms with Gasteiger partial charge in [-0.2, -0.15) is 13.2 Å². The lowest BCUT2D eigenvalue weighted by Gasteiger charge is -2.34. The lowest BCUT2D eigenvalue weighted by atomic mass is 9.92. The first-order valence-electron chi connectivity index (χ1n) is 7.47. The summed E-state index contributed by atoms with van der Waals surface area (Å²) in [5.74, 6) is -0.401. The molecular formula is C15H20F3N3O2. The summed E-state index contributed by atoms with van der Waals surface area (Å²) in [5, 5.41) is 0. The van der Waals surface area contributed by atoms with Gasteiger partial charge in [0.05, 0.1) is 0 Å². The molecule has 8 heteroatoms. The van der Waals surface area contributed by atoms with Gasteiger partial charge in [0.15, 0.2) is 18.1 Å². The van der Waals surface area contributed by atoms with Crippen molar-refractivity contribution in [1.29, 1.82) is 0 Å². The molecule has 1 saturated heterocycles. The highest BCUT2D eigenvalue weighted by Crippen LogP contribution is 2.25. The Morgan fingerprint density at radius 2 is 2.30 bits per heavy atom. The summed E-state index contributed by atoms with van der Waals surface area (Å²) in [7, 11) is 0. The van der Waals surface area contributed by atoms with Gasteiger partial charge < -0.3 is 15.4 Å². The summed E-state index contributed by atoms with van der Waals surface area (Å²) in [5.41, 5.74) is 5.80. The van der Waals surface area contributed by atoms with Crippen molar-refractivity contribution in [3.63, 3.8) is 0 Å². The van der Waals surface area contributed by atoms with E-state index in [1.807, 2.05) is 6.92 Å². The third-order valence-corrected chi connectivity index (χ3v) is 3.85. The zero-order valence-electron chi connectivity index (χ0n) is 12.8. The predicted octanol–water partition coefficient (Wildman–Crippen LogP) is 2.22. The van der Waals surface area contributed by atoms with Gasteiger partial charge in [-0.05, 0) is 37.8 Å². The van der Waals surface area contributed by atoms with E-state index in [0.717, 1.165) is 12.8 Å². The van der Waals surface area contributed by atoms with Gasteiger partial charge >= 0.3 is 6.18 Å². The number of rotatable bonds is 4. The fourth-order valence-electron chi connectivity index (χ4n) is 2.60. The average Bonchev–Trinajstić information content (AvgIpc) is 2.52. The van der Waals surface area contributed by atoms with E-state index in [9.17, 15) is 18.0 Å². The Balaban J connectivity index is 2.12. The van der Waals surface area contributed by atoms with Crippen LogP contribution in [0.3, 0.4) is 0 Å². The zero-order valence-corrected chi connectivity index (χ0v) is 12.8. The second-order valence-electron chi connectivity index (χ2n) is 5.77. The molecule has 0 aliphatic carbocycles. The fraction of sp³-hybridized carbons (Fsp3) is 0.600. The number of aromatic nitrogens is 1. The standard InChI is InChI=1S/C15H20F3N3O2/c1-10(19)11-4-3-7-21(8-11)14(22)13-12(5-2-6-20-13)23-9-15(16,17)18/h2,5-6,10-11H,3-4,7-9,19H2,1H3/t10-,11+/m0/s1. The number of hydrogen-bond acceptors (Lipinski definition) is 4. The number of halogens is 3. The molecule has 1 amide bonds. The maximum absolute atomic E-state index is 12.6. The fourth-order valence-corrected chi connectivity index (χ4v) is 2.60. The first-order valence-corrected chi connectivity index (χ1v) is 7.47. The second kappa shape index (κ2) is 7.16. The zero-order chi connectivity index (χ0) is 17.0. The first kappa shape index (κ1) is 17.5. The van der Waals surface area contributed by atoms with Crippen molar-refractivity contribution >= 4 is 5.91 Å². The molecule has 1 fully saturated rings. The molecule has 2 N–H and O–H groups in total. The SMILES string of the molecule is C[C@H](N)[C@@H]1CCCN(C(=O)c2ncccc2OCC(F)(F)F)C1. The molecule has 128 valence electrons. The molecule has 1 aromatic heterocycles. The molecular weight excluding hydrogens is 311 g/mol. The molecule has 1 aromatic rings. The van der Waals surface area contributed by atoms with Gasteiger partial charge in [0.25, 0.3) is 5.91 Å². The van der Waals surface area contributed by atoms with E-state index < -0.39 is 18.7 Å². The molecule has 2 rings (SSSR count). The number of hydrogen-bond donors (Lipinski definition) is 1. The highest BCUT2D eigenvalue weighted by Gasteiger charge is 2.31. The van der Waals surface area contributed by atoms with Crippen LogP contribution in [0.5, 0.6) is 5.75 Å². The lowest BCUT2D eigenvalue weighted by molar-refractivity contribution is -0.153. The predicted molar refractivity (Wildman–Crippen MR) is 78.1 cm³/mol. The number of carbonyl (C=O) groups excluding carboxylic acids is 1. The van der Waals surface area contributed by atoms with Crippen molar-refractivity contribution in [2.45, 2.75) is 32.0 Å². The molecule has 23 heavy (non-hydrogen) atoms. The number of nitrogens with zero attached hydrogens (tertiary/aromatic N) is 2. The number of pyridine rings is 1. The number of alkyl halides is 3. The highest BCUT2D eigenvalue weighted by atomic mass is 19.4. The smallest absolute Gasteiger partial charge is 0.422 e. The van der Waals surface area contributed by atoms with Crippen molar-refractivity contribution in [3.05, 3.63) is 24.0 Å². The van der Waals surface area contributed by atoms with Gasteiger partial charge in [0.1, 0.15) is 0 Å². The van der Waals surface area contributed by atoms with Crippen molar-refractivity contribution in [3.8, 4) is 5.75 Å². The van der Waals surface area contributed by atoms with Crippen LogP contribution in [0.25, 0.3) is 0 Å². The molecule has 1 aliphatic heterocycles. The van der Waals surface area contributed by atoms with Crippen LogP contribution in [-0.2, 0) is 0 Å².